The lowest BCUT2D eigenvalue weighted by molar-refractivity contribution is -0.148. The Hall–Kier alpha value is -3.40. The fourth-order valence-electron chi connectivity index (χ4n) is 3.35. The Bertz CT molecular complexity index is 1320. The minimum absolute atomic E-state index is 0.245. The molecule has 0 amide bonds. The molecule has 1 heterocycles. The fourth-order valence-corrected chi connectivity index (χ4v) is 3.71. The highest BCUT2D eigenvalue weighted by atomic mass is 79.9. The second-order valence-electron chi connectivity index (χ2n) is 8.75. The Morgan fingerprint density at radius 1 is 1.11 bits per heavy atom. The van der Waals surface area contributed by atoms with Crippen LogP contribution in [0.1, 0.15) is 39.1 Å². The molecule has 1 atom stereocenters. The van der Waals surface area contributed by atoms with Gasteiger partial charge in [-0.1, -0.05) is 36.7 Å². The Kier molecular flexibility index (Phi) is 7.84. The molecule has 9 nitrogen and oxygen atoms in total. The van der Waals surface area contributed by atoms with E-state index in [0.29, 0.717) is 33.8 Å². The molecule has 35 heavy (non-hydrogen) atoms. The molecule has 0 N–H and O–H groups in total. The van der Waals surface area contributed by atoms with Gasteiger partial charge in [0.1, 0.15) is 5.82 Å². The van der Waals surface area contributed by atoms with Gasteiger partial charge in [0.2, 0.25) is 5.75 Å². The summed E-state index contributed by atoms with van der Waals surface area (Å²) in [5, 5.41) is 4.93. The summed E-state index contributed by atoms with van der Waals surface area (Å²) in [5.74, 6) is 0.870. The van der Waals surface area contributed by atoms with E-state index in [9.17, 15) is 9.59 Å². The van der Waals surface area contributed by atoms with Crippen molar-refractivity contribution in [2.45, 2.75) is 39.2 Å². The maximum atomic E-state index is 13.4. The Morgan fingerprint density at radius 2 is 1.74 bits per heavy atom. The van der Waals surface area contributed by atoms with Gasteiger partial charge < -0.3 is 18.9 Å². The van der Waals surface area contributed by atoms with Gasteiger partial charge >= 0.3 is 5.97 Å². The van der Waals surface area contributed by atoms with Crippen LogP contribution in [0.2, 0.25) is 0 Å². The van der Waals surface area contributed by atoms with E-state index in [2.05, 4.69) is 21.0 Å². The molecule has 2 aromatic carbocycles. The van der Waals surface area contributed by atoms with E-state index in [4.69, 9.17) is 23.9 Å². The number of ether oxygens (including phenoxy) is 4. The number of carbonyl (C=O) groups excluding carboxylic acids is 1. The molecule has 3 rings (SSSR count). The molecular weight excluding hydrogens is 518 g/mol. The van der Waals surface area contributed by atoms with E-state index in [1.165, 1.54) is 32.2 Å². The third-order valence-electron chi connectivity index (χ3n) is 5.11. The number of hydrogen-bond acceptors (Lipinski definition) is 8. The van der Waals surface area contributed by atoms with Crippen LogP contribution >= 0.6 is 15.9 Å². The zero-order valence-corrected chi connectivity index (χ0v) is 22.3. The van der Waals surface area contributed by atoms with Crippen molar-refractivity contribution in [2.24, 2.45) is 5.10 Å². The summed E-state index contributed by atoms with van der Waals surface area (Å²) in [7, 11) is 4.22. The number of methoxy groups -OCH3 is 3. The quantitative estimate of drug-likeness (QED) is 0.322. The van der Waals surface area contributed by atoms with Gasteiger partial charge in [-0.05, 0) is 37.3 Å². The zero-order chi connectivity index (χ0) is 25.9. The molecule has 0 aliphatic rings. The molecule has 0 saturated heterocycles. The van der Waals surface area contributed by atoms with Crippen molar-refractivity contribution in [1.82, 2.24) is 9.66 Å². The summed E-state index contributed by atoms with van der Waals surface area (Å²) < 4.78 is 23.5. The van der Waals surface area contributed by atoms with Crippen molar-refractivity contribution in [3.05, 3.63) is 56.5 Å². The third-order valence-corrected chi connectivity index (χ3v) is 5.61. The summed E-state index contributed by atoms with van der Waals surface area (Å²) >= 11 is 3.41. The molecule has 1 aromatic heterocycles. The number of benzene rings is 2. The van der Waals surface area contributed by atoms with Crippen molar-refractivity contribution in [1.29, 1.82) is 0 Å². The molecule has 0 aliphatic carbocycles. The molecular formula is C25H28BrN3O6. The van der Waals surface area contributed by atoms with Gasteiger partial charge in [-0.3, -0.25) is 4.79 Å². The zero-order valence-electron chi connectivity index (χ0n) is 20.7. The first-order chi connectivity index (χ1) is 16.5. The normalized spacial score (nSPS) is 12.6. The van der Waals surface area contributed by atoms with E-state index >= 15 is 0 Å². The maximum absolute atomic E-state index is 13.4. The molecule has 0 aliphatic heterocycles. The fraction of sp³-hybridized carbons (Fsp3) is 0.360. The number of esters is 1. The second kappa shape index (κ2) is 10.5. The summed E-state index contributed by atoms with van der Waals surface area (Å²) in [6.07, 6.45) is 0.638. The van der Waals surface area contributed by atoms with Gasteiger partial charge in [0.25, 0.3) is 5.56 Å². The maximum Gasteiger partial charge on any atom is 0.346 e. The lowest BCUT2D eigenvalue weighted by Crippen LogP contribution is -2.29. The van der Waals surface area contributed by atoms with Gasteiger partial charge in [-0.25, -0.2) is 9.78 Å². The van der Waals surface area contributed by atoms with Crippen LogP contribution < -0.4 is 19.8 Å². The van der Waals surface area contributed by atoms with Gasteiger partial charge in [0.05, 0.1) is 38.4 Å². The Labute approximate surface area is 211 Å². The summed E-state index contributed by atoms with van der Waals surface area (Å²) in [4.78, 5) is 29.9. The van der Waals surface area contributed by atoms with Gasteiger partial charge in [0.15, 0.2) is 17.6 Å². The first-order valence-corrected chi connectivity index (χ1v) is 11.6. The Morgan fingerprint density at radius 3 is 2.29 bits per heavy atom. The highest BCUT2D eigenvalue weighted by Crippen LogP contribution is 2.39. The minimum atomic E-state index is -0.877. The van der Waals surface area contributed by atoms with E-state index in [-0.39, 0.29) is 11.3 Å². The van der Waals surface area contributed by atoms with Gasteiger partial charge in [0, 0.05) is 15.5 Å². The lowest BCUT2D eigenvalue weighted by atomic mass is 9.95. The van der Waals surface area contributed by atoms with Crippen LogP contribution in [-0.4, -0.2) is 49.3 Å². The van der Waals surface area contributed by atoms with Crippen LogP contribution in [0.25, 0.3) is 10.9 Å². The lowest BCUT2D eigenvalue weighted by Gasteiger charge is -2.21. The average molecular weight is 546 g/mol. The van der Waals surface area contributed by atoms with Crippen LogP contribution in [-0.2, 0) is 14.9 Å². The first-order valence-electron chi connectivity index (χ1n) is 10.8. The first kappa shape index (κ1) is 26.2. The number of aromatic nitrogens is 2. The predicted octanol–water partition coefficient (Wildman–Crippen LogP) is 4.30. The monoisotopic (exact) mass is 545 g/mol. The molecule has 0 spiro atoms. The SMILES string of the molecule is COC(=O)[C@@H](C)Oc1c(OC)cc(C=Nn2c(C(C)(C)C)nc3ccc(Br)cc3c2=O)cc1OC. The smallest absolute Gasteiger partial charge is 0.346 e. The molecule has 0 radical (unpaired) electrons. The van der Waals surface area contributed by atoms with E-state index in [0.717, 1.165) is 4.47 Å². The summed E-state index contributed by atoms with van der Waals surface area (Å²) in [5.41, 5.74) is 0.440. The van der Waals surface area contributed by atoms with Crippen molar-refractivity contribution in [2.75, 3.05) is 21.3 Å². The molecule has 0 fully saturated rings. The van der Waals surface area contributed by atoms with Gasteiger partial charge in [-0.2, -0.15) is 9.78 Å². The number of halogens is 1. The number of hydrogen-bond donors (Lipinski definition) is 0. The van der Waals surface area contributed by atoms with Crippen LogP contribution in [0.5, 0.6) is 17.2 Å². The summed E-state index contributed by atoms with van der Waals surface area (Å²) in [6, 6.07) is 8.70. The molecule has 0 unspecified atom stereocenters. The predicted molar refractivity (Wildman–Crippen MR) is 137 cm³/mol. The molecule has 10 heteroatoms. The van der Waals surface area contributed by atoms with Crippen LogP contribution in [0.3, 0.4) is 0 Å². The molecule has 0 saturated carbocycles. The van der Waals surface area contributed by atoms with Gasteiger partial charge in [-0.15, -0.1) is 0 Å². The Balaban J connectivity index is 2.12. The van der Waals surface area contributed by atoms with E-state index in [1.807, 2.05) is 26.8 Å². The van der Waals surface area contributed by atoms with Crippen molar-refractivity contribution < 1.29 is 23.7 Å². The average Bonchev–Trinajstić information content (AvgIpc) is 2.82. The second-order valence-corrected chi connectivity index (χ2v) is 9.66. The molecule has 186 valence electrons. The van der Waals surface area contributed by atoms with Crippen molar-refractivity contribution in [3.8, 4) is 17.2 Å². The van der Waals surface area contributed by atoms with Crippen molar-refractivity contribution >= 4 is 39.0 Å². The van der Waals surface area contributed by atoms with Crippen LogP contribution in [0, 0.1) is 0 Å². The number of nitrogens with zero attached hydrogens (tertiary/aromatic N) is 3. The largest absolute Gasteiger partial charge is 0.493 e. The third kappa shape index (κ3) is 5.64. The van der Waals surface area contributed by atoms with E-state index < -0.39 is 17.5 Å². The minimum Gasteiger partial charge on any atom is -0.493 e. The number of carbonyl (C=O) groups is 1. The highest BCUT2D eigenvalue weighted by Gasteiger charge is 2.24. The topological polar surface area (TPSA) is 101 Å². The number of fused-ring (bicyclic) bond motifs is 1. The van der Waals surface area contributed by atoms with E-state index in [1.54, 1.807) is 31.2 Å². The molecule has 3 aromatic rings. The van der Waals surface area contributed by atoms with Crippen molar-refractivity contribution in [3.63, 3.8) is 0 Å². The summed E-state index contributed by atoms with van der Waals surface area (Å²) in [6.45, 7) is 7.45. The molecule has 0 bridgehead atoms. The van der Waals surface area contributed by atoms with Crippen LogP contribution in [0.15, 0.2) is 44.7 Å². The number of rotatable bonds is 7. The highest BCUT2D eigenvalue weighted by molar-refractivity contribution is 9.10. The standard InChI is InChI=1S/C25H28BrN3O6/c1-14(23(31)34-7)35-21-19(32-5)10-15(11-20(21)33-6)13-27-29-22(30)17-12-16(26)8-9-18(17)28-24(29)25(2,3)4/h8-14H,1-7H3/t14-/m1/s1. The van der Waals surface area contributed by atoms with Crippen LogP contribution in [0.4, 0.5) is 0 Å².